The van der Waals surface area contributed by atoms with Gasteiger partial charge in [-0.3, -0.25) is 14.9 Å². The van der Waals surface area contributed by atoms with Crippen LogP contribution in [0.25, 0.3) is 0 Å². The number of hydrogen-bond donors (Lipinski definition) is 2. The van der Waals surface area contributed by atoms with Gasteiger partial charge in [0.15, 0.2) is 5.11 Å². The average molecular weight is 418 g/mol. The molecule has 2 amide bonds. The third kappa shape index (κ3) is 5.07. The number of benzene rings is 2. The van der Waals surface area contributed by atoms with E-state index in [1.54, 1.807) is 35.2 Å². The van der Waals surface area contributed by atoms with E-state index in [4.69, 9.17) is 28.6 Å². The van der Waals surface area contributed by atoms with Gasteiger partial charge in [-0.25, -0.2) is 0 Å². The van der Waals surface area contributed by atoms with Crippen LogP contribution in [-0.4, -0.2) is 48.1 Å². The highest BCUT2D eigenvalue weighted by molar-refractivity contribution is 7.80. The smallest absolute Gasteiger partial charge is 0.257 e. The molecular weight excluding hydrogens is 398 g/mol. The summed E-state index contributed by atoms with van der Waals surface area (Å²) in [5, 5.41) is 6.00. The molecule has 2 aromatic rings. The van der Waals surface area contributed by atoms with E-state index in [0.717, 1.165) is 5.56 Å². The van der Waals surface area contributed by atoms with Gasteiger partial charge in [0.1, 0.15) is 0 Å². The summed E-state index contributed by atoms with van der Waals surface area (Å²) in [6, 6.07) is 12.1. The molecule has 1 aliphatic rings. The Morgan fingerprint density at radius 2 is 1.71 bits per heavy atom. The summed E-state index contributed by atoms with van der Waals surface area (Å²) in [4.78, 5) is 26.6. The Kier molecular flexibility index (Phi) is 6.61. The normalized spacial score (nSPS) is 13.7. The number of halogens is 1. The van der Waals surface area contributed by atoms with Crippen LogP contribution < -0.4 is 10.6 Å². The number of anilines is 1. The van der Waals surface area contributed by atoms with Gasteiger partial charge in [0.05, 0.1) is 23.9 Å². The van der Waals surface area contributed by atoms with Crippen molar-refractivity contribution in [1.29, 1.82) is 0 Å². The van der Waals surface area contributed by atoms with Crippen molar-refractivity contribution in [3.05, 3.63) is 64.2 Å². The monoisotopic (exact) mass is 417 g/mol. The maximum absolute atomic E-state index is 12.6. The molecule has 0 bridgehead atoms. The quantitative estimate of drug-likeness (QED) is 0.750. The third-order valence-corrected chi connectivity index (χ3v) is 4.83. The number of aryl methyl sites for hydroxylation is 1. The van der Waals surface area contributed by atoms with Crippen LogP contribution in [0.4, 0.5) is 5.69 Å². The highest BCUT2D eigenvalue weighted by Gasteiger charge is 2.19. The predicted molar refractivity (Wildman–Crippen MR) is 113 cm³/mol. The van der Waals surface area contributed by atoms with Gasteiger partial charge in [0.2, 0.25) is 0 Å². The molecule has 1 aliphatic heterocycles. The van der Waals surface area contributed by atoms with Crippen LogP contribution >= 0.6 is 23.8 Å². The van der Waals surface area contributed by atoms with Crippen molar-refractivity contribution in [1.82, 2.24) is 10.2 Å². The van der Waals surface area contributed by atoms with Crippen LogP contribution in [0.1, 0.15) is 26.3 Å². The van der Waals surface area contributed by atoms with Gasteiger partial charge < -0.3 is 15.0 Å². The molecule has 28 heavy (non-hydrogen) atoms. The highest BCUT2D eigenvalue weighted by atomic mass is 35.5. The van der Waals surface area contributed by atoms with E-state index in [1.165, 1.54) is 0 Å². The summed E-state index contributed by atoms with van der Waals surface area (Å²) in [6.07, 6.45) is 0. The van der Waals surface area contributed by atoms with Crippen LogP contribution in [0, 0.1) is 6.92 Å². The van der Waals surface area contributed by atoms with Gasteiger partial charge in [-0.15, -0.1) is 0 Å². The zero-order valence-electron chi connectivity index (χ0n) is 15.3. The number of ether oxygens (including phenoxy) is 1. The fourth-order valence-corrected chi connectivity index (χ4v) is 3.10. The van der Waals surface area contributed by atoms with E-state index in [0.29, 0.717) is 48.1 Å². The predicted octanol–water partition coefficient (Wildman–Crippen LogP) is 3.25. The van der Waals surface area contributed by atoms with Gasteiger partial charge >= 0.3 is 0 Å². The van der Waals surface area contributed by atoms with E-state index in [2.05, 4.69) is 10.6 Å². The number of nitrogens with one attached hydrogen (secondary N) is 2. The maximum Gasteiger partial charge on any atom is 0.257 e. The van der Waals surface area contributed by atoms with Crippen molar-refractivity contribution in [3.63, 3.8) is 0 Å². The fourth-order valence-electron chi connectivity index (χ4n) is 2.74. The number of amides is 2. The first kappa shape index (κ1) is 20.3. The lowest BCUT2D eigenvalue weighted by molar-refractivity contribution is 0.0303. The topological polar surface area (TPSA) is 70.7 Å². The molecule has 0 atom stereocenters. The molecular formula is C20H20ClN3O3S. The largest absolute Gasteiger partial charge is 0.378 e. The Labute approximate surface area is 173 Å². The zero-order valence-corrected chi connectivity index (χ0v) is 16.9. The lowest BCUT2D eigenvalue weighted by Crippen LogP contribution is -2.40. The first-order chi connectivity index (χ1) is 13.4. The molecule has 1 heterocycles. The van der Waals surface area contributed by atoms with Gasteiger partial charge in [0, 0.05) is 24.2 Å². The van der Waals surface area contributed by atoms with Crippen molar-refractivity contribution in [2.75, 3.05) is 31.6 Å². The van der Waals surface area contributed by atoms with Crippen LogP contribution in [0.15, 0.2) is 42.5 Å². The van der Waals surface area contributed by atoms with Crippen molar-refractivity contribution in [2.45, 2.75) is 6.92 Å². The highest BCUT2D eigenvalue weighted by Crippen LogP contribution is 2.24. The number of carbonyl (C=O) groups excluding carboxylic acids is 2. The SMILES string of the molecule is Cc1ccc(C(=O)NC(=S)Nc2cc(C(=O)N3CCOCC3)ccc2Cl)cc1. The van der Waals surface area contributed by atoms with Crippen LogP contribution in [0.5, 0.6) is 0 Å². The summed E-state index contributed by atoms with van der Waals surface area (Å²) in [5.41, 5.74) is 2.50. The van der Waals surface area contributed by atoms with E-state index < -0.39 is 0 Å². The molecule has 0 radical (unpaired) electrons. The Hall–Kier alpha value is -2.48. The lowest BCUT2D eigenvalue weighted by atomic mass is 10.1. The third-order valence-electron chi connectivity index (χ3n) is 4.30. The number of morpholine rings is 1. The molecule has 1 saturated heterocycles. The minimum absolute atomic E-state index is 0.0994. The Morgan fingerprint density at radius 3 is 2.39 bits per heavy atom. The Balaban J connectivity index is 1.67. The minimum Gasteiger partial charge on any atom is -0.378 e. The van der Waals surface area contributed by atoms with Crippen LogP contribution in [0.2, 0.25) is 5.02 Å². The first-order valence-electron chi connectivity index (χ1n) is 8.79. The minimum atomic E-state index is -0.325. The molecule has 0 spiro atoms. The van der Waals surface area contributed by atoms with E-state index >= 15 is 0 Å². The lowest BCUT2D eigenvalue weighted by Gasteiger charge is -2.27. The van der Waals surface area contributed by atoms with E-state index in [9.17, 15) is 9.59 Å². The van der Waals surface area contributed by atoms with Crippen molar-refractivity contribution in [2.24, 2.45) is 0 Å². The fraction of sp³-hybridized carbons (Fsp3) is 0.250. The summed E-state index contributed by atoms with van der Waals surface area (Å²) in [6.45, 7) is 4.10. The Morgan fingerprint density at radius 1 is 1.07 bits per heavy atom. The molecule has 3 rings (SSSR count). The second kappa shape index (κ2) is 9.14. The van der Waals surface area contributed by atoms with Crippen LogP contribution in [-0.2, 0) is 4.74 Å². The van der Waals surface area contributed by atoms with Crippen molar-refractivity contribution < 1.29 is 14.3 Å². The van der Waals surface area contributed by atoms with Crippen molar-refractivity contribution >= 4 is 46.4 Å². The molecule has 0 aliphatic carbocycles. The number of nitrogens with zero attached hydrogens (tertiary/aromatic N) is 1. The first-order valence-corrected chi connectivity index (χ1v) is 9.58. The molecule has 0 saturated carbocycles. The summed E-state index contributed by atoms with van der Waals surface area (Å²) in [5.74, 6) is -0.424. The van der Waals surface area contributed by atoms with Crippen molar-refractivity contribution in [3.8, 4) is 0 Å². The second-order valence-corrected chi connectivity index (χ2v) is 7.19. The zero-order chi connectivity index (χ0) is 20.1. The number of carbonyl (C=O) groups is 2. The summed E-state index contributed by atoms with van der Waals surface area (Å²) in [7, 11) is 0. The standard InChI is InChI=1S/C20H20ClN3O3S/c1-13-2-4-14(5-3-13)18(25)23-20(28)22-17-12-15(6-7-16(17)21)19(26)24-8-10-27-11-9-24/h2-7,12H,8-11H2,1H3,(H2,22,23,25,28). The van der Waals surface area contributed by atoms with E-state index in [1.807, 2.05) is 19.1 Å². The number of thiocarbonyl (C=S) groups is 1. The van der Waals surface area contributed by atoms with E-state index in [-0.39, 0.29) is 16.9 Å². The Bertz CT molecular complexity index is 896. The molecule has 6 nitrogen and oxygen atoms in total. The second-order valence-electron chi connectivity index (χ2n) is 6.37. The maximum atomic E-state index is 12.6. The van der Waals surface area contributed by atoms with Gasteiger partial charge in [0.25, 0.3) is 11.8 Å². The number of hydrogen-bond acceptors (Lipinski definition) is 4. The average Bonchev–Trinajstić information content (AvgIpc) is 2.70. The van der Waals surface area contributed by atoms with Gasteiger partial charge in [-0.05, 0) is 49.5 Å². The van der Waals surface area contributed by atoms with Gasteiger partial charge in [-0.2, -0.15) is 0 Å². The molecule has 0 unspecified atom stereocenters. The summed E-state index contributed by atoms with van der Waals surface area (Å²) < 4.78 is 5.28. The molecule has 2 N–H and O–H groups in total. The molecule has 1 fully saturated rings. The molecule has 0 aromatic heterocycles. The molecule has 146 valence electrons. The van der Waals surface area contributed by atoms with Crippen LogP contribution in [0.3, 0.4) is 0 Å². The molecule has 2 aromatic carbocycles. The number of rotatable bonds is 3. The molecule has 8 heteroatoms. The summed E-state index contributed by atoms with van der Waals surface area (Å²) >= 11 is 11.4. The van der Waals surface area contributed by atoms with Gasteiger partial charge in [-0.1, -0.05) is 29.3 Å².